The summed E-state index contributed by atoms with van der Waals surface area (Å²) in [5, 5.41) is 11.7. The van der Waals surface area contributed by atoms with Gasteiger partial charge < -0.3 is 10.1 Å². The molecule has 190 valence electrons. The Kier molecular flexibility index (Phi) is 6.09. The van der Waals surface area contributed by atoms with E-state index >= 15 is 0 Å². The fourth-order valence-corrected chi connectivity index (χ4v) is 2.84. The van der Waals surface area contributed by atoms with Crippen molar-refractivity contribution in [3.8, 4) is 0 Å². The number of alkyl halides is 11. The van der Waals surface area contributed by atoms with E-state index in [0.29, 0.717) is 11.4 Å². The van der Waals surface area contributed by atoms with Crippen LogP contribution in [-0.2, 0) is 9.53 Å². The molecule has 0 aliphatic heterocycles. The lowest BCUT2D eigenvalue weighted by Crippen LogP contribution is -2.86. The highest BCUT2D eigenvalue weighted by Gasteiger charge is 3.02. The molecule has 1 aliphatic carbocycles. The van der Waals surface area contributed by atoms with Gasteiger partial charge in [-0.1, -0.05) is 0 Å². The molecular formula is C16H9F11N2O5. The summed E-state index contributed by atoms with van der Waals surface area (Å²) < 4.78 is 156. The topological polar surface area (TPSA) is 98.5 Å². The molecule has 1 aromatic rings. The molecule has 1 N–H and O–H groups in total. The number of hydrogen-bond acceptors (Lipinski definition) is 5. The van der Waals surface area contributed by atoms with Gasteiger partial charge >= 0.3 is 41.3 Å². The lowest BCUT2D eigenvalue weighted by atomic mass is 9.71. The van der Waals surface area contributed by atoms with Crippen molar-refractivity contribution in [2.24, 2.45) is 0 Å². The molecular weight excluding hydrogens is 509 g/mol. The van der Waals surface area contributed by atoms with E-state index in [-0.39, 0.29) is 18.7 Å². The molecule has 18 heteroatoms. The fourth-order valence-electron chi connectivity index (χ4n) is 2.84. The molecule has 1 aromatic carbocycles. The minimum atomic E-state index is -7.53. The van der Waals surface area contributed by atoms with Gasteiger partial charge in [0.25, 0.3) is 11.6 Å². The zero-order valence-electron chi connectivity index (χ0n) is 16.1. The molecule has 1 amide bonds. The van der Waals surface area contributed by atoms with E-state index < -0.39 is 69.0 Å². The molecule has 7 nitrogen and oxygen atoms in total. The molecule has 0 aromatic heterocycles. The van der Waals surface area contributed by atoms with Crippen LogP contribution in [0.1, 0.15) is 17.3 Å². The van der Waals surface area contributed by atoms with Gasteiger partial charge in [0, 0.05) is 6.07 Å². The van der Waals surface area contributed by atoms with Crippen molar-refractivity contribution in [2.45, 2.75) is 42.2 Å². The van der Waals surface area contributed by atoms with E-state index in [2.05, 4.69) is 4.74 Å². The first-order chi connectivity index (χ1) is 15.2. The highest BCUT2D eigenvalue weighted by molar-refractivity contribution is 6.02. The molecule has 1 aliphatic rings. The van der Waals surface area contributed by atoms with Gasteiger partial charge in [-0.2, -0.15) is 43.9 Å². The number of benzene rings is 1. The summed E-state index contributed by atoms with van der Waals surface area (Å²) in [4.78, 5) is 33.1. The molecule has 0 bridgehead atoms. The van der Waals surface area contributed by atoms with E-state index in [1.165, 1.54) is 6.92 Å². The molecule has 2 rings (SSSR count). The van der Waals surface area contributed by atoms with Gasteiger partial charge in [-0.25, -0.2) is 9.18 Å². The van der Waals surface area contributed by atoms with E-state index in [9.17, 15) is 68.0 Å². The number of amides is 1. The van der Waals surface area contributed by atoms with Crippen LogP contribution in [0.25, 0.3) is 0 Å². The molecule has 1 fully saturated rings. The van der Waals surface area contributed by atoms with Crippen molar-refractivity contribution in [1.82, 2.24) is 0 Å². The van der Waals surface area contributed by atoms with Crippen molar-refractivity contribution in [2.75, 3.05) is 11.9 Å². The van der Waals surface area contributed by atoms with Gasteiger partial charge in [0.2, 0.25) is 0 Å². The Labute approximate surface area is 180 Å². The van der Waals surface area contributed by atoms with E-state index in [0.717, 1.165) is 0 Å². The number of carbonyl (C=O) groups excluding carboxylic acids is 2. The summed E-state index contributed by atoms with van der Waals surface area (Å²) in [6, 6.07) is 1.00. The van der Waals surface area contributed by atoms with Crippen molar-refractivity contribution < 1.29 is 67.5 Å². The number of ether oxygens (including phenoxy) is 1. The normalized spacial score (nSPS) is 22.9. The molecule has 0 saturated heterocycles. The fraction of sp³-hybridized carbons (Fsp3) is 0.500. The Bertz CT molecular complexity index is 1010. The van der Waals surface area contributed by atoms with Crippen molar-refractivity contribution >= 4 is 23.3 Å². The lowest BCUT2D eigenvalue weighted by Gasteiger charge is -2.51. The average molecular weight is 518 g/mol. The summed E-state index contributed by atoms with van der Waals surface area (Å²) in [7, 11) is 0. The second-order valence-corrected chi connectivity index (χ2v) is 6.69. The smallest absolute Gasteiger partial charge is 0.384 e. The van der Waals surface area contributed by atoms with Crippen LogP contribution in [-0.4, -0.2) is 58.7 Å². The number of esters is 1. The first kappa shape index (κ1) is 27.0. The Morgan fingerprint density at radius 2 is 1.32 bits per heavy atom. The predicted molar refractivity (Wildman–Crippen MR) is 86.3 cm³/mol. The quantitative estimate of drug-likeness (QED) is 0.266. The minimum Gasteiger partial charge on any atom is -0.462 e. The number of halogens is 11. The third kappa shape index (κ3) is 3.09. The Hall–Kier alpha value is -3.21. The van der Waals surface area contributed by atoms with Crippen molar-refractivity contribution in [3.05, 3.63) is 33.9 Å². The van der Waals surface area contributed by atoms with Gasteiger partial charge in [0.1, 0.15) is 5.69 Å². The van der Waals surface area contributed by atoms with Gasteiger partial charge in [-0.3, -0.25) is 14.9 Å². The number of carbonyl (C=O) groups is 2. The first-order valence-electron chi connectivity index (χ1n) is 8.51. The van der Waals surface area contributed by atoms with Gasteiger partial charge in [0.15, 0.2) is 0 Å². The highest BCUT2D eigenvalue weighted by Crippen LogP contribution is 2.69. The Morgan fingerprint density at radius 1 is 0.882 bits per heavy atom. The summed E-state index contributed by atoms with van der Waals surface area (Å²) in [5.74, 6) is -42.5. The Balaban J connectivity index is 2.67. The van der Waals surface area contributed by atoms with Crippen LogP contribution >= 0.6 is 0 Å². The minimum absolute atomic E-state index is 0.232. The van der Waals surface area contributed by atoms with E-state index in [1.807, 2.05) is 0 Å². The molecule has 0 radical (unpaired) electrons. The lowest BCUT2D eigenvalue weighted by molar-refractivity contribution is -0.475. The number of nitrogens with one attached hydrogen (secondary N) is 1. The molecule has 0 unspecified atom stereocenters. The standard InChI is InChI=1S/C16H9F11N2O5/c1-2-34-9(30)6-3-4-7(8(5-6)29(32)33)28-10(31)11(17)12(18,19)14(22,23)16(26,27)15(24,25)13(11,20)21/h3-5H,2H2,1H3,(H,28,31). The number of rotatable bonds is 5. The summed E-state index contributed by atoms with van der Waals surface area (Å²) in [6.07, 6.45) is 0. The third-order valence-electron chi connectivity index (χ3n) is 4.71. The zero-order valence-corrected chi connectivity index (χ0v) is 16.1. The summed E-state index contributed by atoms with van der Waals surface area (Å²) in [5.41, 5.74) is -10.7. The number of hydrogen-bond donors (Lipinski definition) is 1. The number of nitrogens with zero attached hydrogens (tertiary/aromatic N) is 1. The molecule has 1 saturated carbocycles. The molecule has 34 heavy (non-hydrogen) atoms. The third-order valence-corrected chi connectivity index (χ3v) is 4.71. The number of nitro groups is 1. The zero-order chi connectivity index (χ0) is 26.7. The van der Waals surface area contributed by atoms with Crippen molar-refractivity contribution in [1.29, 1.82) is 0 Å². The maximum atomic E-state index is 14.7. The van der Waals surface area contributed by atoms with Gasteiger partial charge in [-0.05, 0) is 19.1 Å². The van der Waals surface area contributed by atoms with Crippen LogP contribution in [0.5, 0.6) is 0 Å². The maximum Gasteiger partial charge on any atom is 0.384 e. The second-order valence-electron chi connectivity index (χ2n) is 6.69. The maximum absolute atomic E-state index is 14.7. The van der Waals surface area contributed by atoms with Crippen LogP contribution in [0.3, 0.4) is 0 Å². The van der Waals surface area contributed by atoms with Crippen LogP contribution in [0.15, 0.2) is 18.2 Å². The molecule has 0 heterocycles. The molecule has 0 spiro atoms. The van der Waals surface area contributed by atoms with Crippen LogP contribution in [0, 0.1) is 10.1 Å². The number of nitro benzene ring substituents is 1. The van der Waals surface area contributed by atoms with Crippen LogP contribution in [0.4, 0.5) is 59.7 Å². The van der Waals surface area contributed by atoms with E-state index in [4.69, 9.17) is 0 Å². The monoisotopic (exact) mass is 518 g/mol. The van der Waals surface area contributed by atoms with Gasteiger partial charge in [-0.15, -0.1) is 0 Å². The summed E-state index contributed by atoms with van der Waals surface area (Å²) >= 11 is 0. The van der Waals surface area contributed by atoms with Crippen LogP contribution in [0.2, 0.25) is 0 Å². The Morgan fingerprint density at radius 3 is 1.74 bits per heavy atom. The van der Waals surface area contributed by atoms with Gasteiger partial charge in [0.05, 0.1) is 17.1 Å². The van der Waals surface area contributed by atoms with Crippen molar-refractivity contribution in [3.63, 3.8) is 0 Å². The second kappa shape index (κ2) is 7.66. The SMILES string of the molecule is CCOC(=O)c1ccc(NC(=O)C2(F)C(F)(F)C(F)(F)C(F)(F)C(F)(F)C2(F)F)c([N+](=O)[O-])c1. The largest absolute Gasteiger partial charge is 0.462 e. The van der Waals surface area contributed by atoms with E-state index in [1.54, 1.807) is 0 Å². The summed E-state index contributed by atoms with van der Waals surface area (Å²) in [6.45, 7) is 1.05. The van der Waals surface area contributed by atoms with Crippen LogP contribution < -0.4 is 5.32 Å². The highest BCUT2D eigenvalue weighted by atomic mass is 19.4. The predicted octanol–water partition coefficient (Wildman–Crippen LogP) is 4.61. The first-order valence-corrected chi connectivity index (χ1v) is 8.51. The molecule has 0 atom stereocenters. The number of anilines is 1. The average Bonchev–Trinajstić information content (AvgIpc) is 2.71.